The van der Waals surface area contributed by atoms with Crippen LogP contribution in [0.25, 0.3) is 0 Å². The smallest absolute Gasteiger partial charge is 0.257 e. The number of hydrogen-bond donors (Lipinski definition) is 0. The van der Waals surface area contributed by atoms with E-state index in [1.165, 1.54) is 31.5 Å². The fourth-order valence-electron chi connectivity index (χ4n) is 6.11. The first-order valence-corrected chi connectivity index (χ1v) is 10.7. The van der Waals surface area contributed by atoms with Crippen LogP contribution in [0.2, 0.25) is 0 Å². The molecule has 0 saturated carbocycles. The fraction of sp³-hybridized carbons (Fsp3) is 0.565. The summed E-state index contributed by atoms with van der Waals surface area (Å²) in [5.74, 6) is 1.23. The number of aromatic nitrogens is 2. The summed E-state index contributed by atoms with van der Waals surface area (Å²) in [6.07, 6.45) is 2.44. The molecule has 5 heteroatoms. The predicted octanol–water partition coefficient (Wildman–Crippen LogP) is 3.22. The molecule has 2 bridgehead atoms. The SMILES string of the molecule is CCn1nc(C)c(C(=O)N2C[C@@H](c3ccccc3)[C@@H]3[C@H]2C2CCN3CC2)c1C. The molecule has 1 aromatic heterocycles. The first-order valence-electron chi connectivity index (χ1n) is 10.7. The molecule has 28 heavy (non-hydrogen) atoms. The van der Waals surface area contributed by atoms with Crippen LogP contribution < -0.4 is 0 Å². The molecule has 4 saturated heterocycles. The van der Waals surface area contributed by atoms with Crippen molar-refractivity contribution in [1.82, 2.24) is 19.6 Å². The molecule has 2 aromatic rings. The average molecular weight is 379 g/mol. The number of likely N-dealkylation sites (tertiary alicyclic amines) is 1. The van der Waals surface area contributed by atoms with Crippen molar-refractivity contribution in [3.8, 4) is 0 Å². The Labute approximate surface area is 167 Å². The number of benzene rings is 1. The number of hydrogen-bond acceptors (Lipinski definition) is 3. The van der Waals surface area contributed by atoms with Crippen molar-refractivity contribution in [1.29, 1.82) is 0 Å². The molecule has 5 nitrogen and oxygen atoms in total. The molecule has 1 aromatic carbocycles. The summed E-state index contributed by atoms with van der Waals surface area (Å²) < 4.78 is 1.96. The van der Waals surface area contributed by atoms with Crippen LogP contribution in [0.1, 0.15) is 53.0 Å². The molecule has 148 valence electrons. The zero-order valence-corrected chi connectivity index (χ0v) is 17.1. The van der Waals surface area contributed by atoms with E-state index in [9.17, 15) is 4.79 Å². The summed E-state index contributed by atoms with van der Waals surface area (Å²) in [6.45, 7) is 10.1. The van der Waals surface area contributed by atoms with Crippen molar-refractivity contribution in [2.75, 3.05) is 19.6 Å². The average Bonchev–Trinajstić information content (AvgIpc) is 3.28. The Hall–Kier alpha value is -2.14. The lowest BCUT2D eigenvalue weighted by Gasteiger charge is -2.51. The first kappa shape index (κ1) is 17.9. The van der Waals surface area contributed by atoms with Crippen LogP contribution in [0.4, 0.5) is 0 Å². The van der Waals surface area contributed by atoms with Gasteiger partial charge in [0.05, 0.1) is 17.3 Å². The molecule has 0 aliphatic carbocycles. The number of rotatable bonds is 3. The number of nitrogens with zero attached hydrogens (tertiary/aromatic N) is 4. The lowest BCUT2D eigenvalue weighted by molar-refractivity contribution is -0.00345. The monoisotopic (exact) mass is 378 g/mol. The van der Waals surface area contributed by atoms with E-state index in [1.807, 2.05) is 18.5 Å². The highest BCUT2D eigenvalue weighted by molar-refractivity contribution is 5.97. The normalized spacial score (nSPS) is 31.2. The molecular formula is C23H30N4O. The maximum Gasteiger partial charge on any atom is 0.257 e. The number of piperidine rings is 3. The third-order valence-corrected chi connectivity index (χ3v) is 7.38. The lowest BCUT2D eigenvalue weighted by Crippen LogP contribution is -2.60. The highest BCUT2D eigenvalue weighted by atomic mass is 16.2. The molecule has 0 spiro atoms. The van der Waals surface area contributed by atoms with E-state index in [2.05, 4.69) is 52.2 Å². The number of amides is 1. The van der Waals surface area contributed by atoms with E-state index in [0.717, 1.165) is 30.0 Å². The van der Waals surface area contributed by atoms with Gasteiger partial charge in [-0.3, -0.25) is 14.4 Å². The Balaban J connectivity index is 1.54. The molecule has 0 N–H and O–H groups in total. The number of fused-ring (bicyclic) bond motifs is 2. The highest BCUT2D eigenvalue weighted by Crippen LogP contribution is 2.47. The standard InChI is InChI=1S/C23H30N4O/c1-4-27-16(3)20(15(2)24-27)23(28)26-14-19(17-8-6-5-7-9-17)22-21(26)18-10-12-25(22)13-11-18/h5-9,18-19,21-22H,4,10-14H2,1-3H3/t19-,21+,22+/m0/s1. The van der Waals surface area contributed by atoms with Gasteiger partial charge < -0.3 is 4.90 Å². The third-order valence-electron chi connectivity index (χ3n) is 7.38. The van der Waals surface area contributed by atoms with Gasteiger partial charge >= 0.3 is 0 Å². The highest BCUT2D eigenvalue weighted by Gasteiger charge is 2.55. The molecule has 3 atom stereocenters. The van der Waals surface area contributed by atoms with Gasteiger partial charge in [-0.05, 0) is 58.2 Å². The molecule has 4 aliphatic heterocycles. The van der Waals surface area contributed by atoms with Gasteiger partial charge in [0.25, 0.3) is 5.91 Å². The van der Waals surface area contributed by atoms with Crippen molar-refractivity contribution in [2.24, 2.45) is 5.92 Å². The van der Waals surface area contributed by atoms with Crippen molar-refractivity contribution in [2.45, 2.75) is 58.2 Å². The van der Waals surface area contributed by atoms with Crippen LogP contribution in [-0.2, 0) is 6.54 Å². The minimum atomic E-state index is 0.192. The Morgan fingerprint density at radius 3 is 2.46 bits per heavy atom. The van der Waals surface area contributed by atoms with Crippen molar-refractivity contribution in [3.05, 3.63) is 52.8 Å². The van der Waals surface area contributed by atoms with Gasteiger partial charge in [0.1, 0.15) is 0 Å². The summed E-state index contributed by atoms with van der Waals surface area (Å²) in [4.78, 5) is 18.7. The summed E-state index contributed by atoms with van der Waals surface area (Å²) in [6, 6.07) is 11.6. The molecule has 0 unspecified atom stereocenters. The van der Waals surface area contributed by atoms with Gasteiger partial charge in [-0.2, -0.15) is 5.10 Å². The summed E-state index contributed by atoms with van der Waals surface area (Å²) in [5.41, 5.74) is 4.07. The maximum absolute atomic E-state index is 13.8. The molecule has 4 aliphatic rings. The van der Waals surface area contributed by atoms with E-state index in [0.29, 0.717) is 23.9 Å². The summed E-state index contributed by atoms with van der Waals surface area (Å²) in [5, 5.41) is 4.61. The van der Waals surface area contributed by atoms with Gasteiger partial charge in [-0.15, -0.1) is 0 Å². The van der Waals surface area contributed by atoms with E-state index in [1.54, 1.807) is 0 Å². The minimum absolute atomic E-state index is 0.192. The second-order valence-electron chi connectivity index (χ2n) is 8.69. The van der Waals surface area contributed by atoms with Gasteiger partial charge in [0.15, 0.2) is 0 Å². The number of aryl methyl sites for hydroxylation is 2. The van der Waals surface area contributed by atoms with Crippen LogP contribution in [0.15, 0.2) is 30.3 Å². The Morgan fingerprint density at radius 2 is 1.82 bits per heavy atom. The Morgan fingerprint density at radius 1 is 1.11 bits per heavy atom. The third kappa shape index (κ3) is 2.55. The largest absolute Gasteiger partial charge is 0.333 e. The number of carbonyl (C=O) groups excluding carboxylic acids is 1. The van der Waals surface area contributed by atoms with Crippen LogP contribution in [-0.4, -0.2) is 57.2 Å². The van der Waals surface area contributed by atoms with Crippen molar-refractivity contribution in [3.63, 3.8) is 0 Å². The lowest BCUT2D eigenvalue weighted by atomic mass is 9.75. The summed E-state index contributed by atoms with van der Waals surface area (Å²) in [7, 11) is 0. The van der Waals surface area contributed by atoms with Crippen molar-refractivity contribution >= 4 is 5.91 Å². The van der Waals surface area contributed by atoms with Gasteiger partial charge in [-0.25, -0.2) is 0 Å². The van der Waals surface area contributed by atoms with E-state index < -0.39 is 0 Å². The van der Waals surface area contributed by atoms with Gasteiger partial charge in [-0.1, -0.05) is 30.3 Å². The zero-order chi connectivity index (χ0) is 19.4. The summed E-state index contributed by atoms with van der Waals surface area (Å²) >= 11 is 0. The molecule has 6 rings (SSSR count). The van der Waals surface area contributed by atoms with E-state index >= 15 is 0 Å². The quantitative estimate of drug-likeness (QED) is 0.823. The number of carbonyl (C=O) groups is 1. The zero-order valence-electron chi connectivity index (χ0n) is 17.1. The molecule has 1 amide bonds. The molecule has 4 fully saturated rings. The maximum atomic E-state index is 13.8. The molecule has 5 heterocycles. The second-order valence-corrected chi connectivity index (χ2v) is 8.69. The Bertz CT molecular complexity index is 882. The van der Waals surface area contributed by atoms with Crippen LogP contribution in [0.3, 0.4) is 0 Å². The van der Waals surface area contributed by atoms with Crippen LogP contribution in [0, 0.1) is 19.8 Å². The minimum Gasteiger partial charge on any atom is -0.333 e. The Kier molecular flexibility index (Phi) is 4.31. The van der Waals surface area contributed by atoms with Gasteiger partial charge in [0.2, 0.25) is 0 Å². The van der Waals surface area contributed by atoms with Crippen molar-refractivity contribution < 1.29 is 4.79 Å². The van der Waals surface area contributed by atoms with E-state index in [-0.39, 0.29) is 5.91 Å². The molecule has 0 radical (unpaired) electrons. The first-order chi connectivity index (χ1) is 13.6. The van der Waals surface area contributed by atoms with E-state index in [4.69, 9.17) is 0 Å². The molecular weight excluding hydrogens is 348 g/mol. The van der Waals surface area contributed by atoms with Crippen LogP contribution in [0.5, 0.6) is 0 Å². The topological polar surface area (TPSA) is 41.4 Å². The second kappa shape index (κ2) is 6.73. The predicted molar refractivity (Wildman–Crippen MR) is 109 cm³/mol. The van der Waals surface area contributed by atoms with Gasteiger partial charge in [0, 0.05) is 30.7 Å². The van der Waals surface area contributed by atoms with Crippen LogP contribution >= 0.6 is 0 Å². The fourth-order valence-corrected chi connectivity index (χ4v) is 6.11.